The van der Waals surface area contributed by atoms with Crippen molar-refractivity contribution < 1.29 is 14.3 Å². The molecule has 0 aliphatic carbocycles. The molecule has 0 amide bonds. The summed E-state index contributed by atoms with van der Waals surface area (Å²) in [6, 6.07) is 1.81. The van der Waals surface area contributed by atoms with Crippen molar-refractivity contribution in [3.05, 3.63) is 34.6 Å². The summed E-state index contributed by atoms with van der Waals surface area (Å²) in [5.41, 5.74) is 0.713. The first-order chi connectivity index (χ1) is 7.67. The van der Waals surface area contributed by atoms with Gasteiger partial charge in [0.05, 0.1) is 19.8 Å². The Morgan fingerprint density at radius 2 is 2.31 bits per heavy atom. The molecular weight excluding hydrogens is 274 g/mol. The number of methoxy groups -OCH3 is 1. The van der Waals surface area contributed by atoms with Gasteiger partial charge in [-0.1, -0.05) is 0 Å². The number of hydrogen-bond acceptors (Lipinski definition) is 4. The molecule has 0 aromatic carbocycles. The molecule has 0 radical (unpaired) electrons. The number of halogens is 1. The number of esters is 1. The summed E-state index contributed by atoms with van der Waals surface area (Å²) in [6.45, 7) is 2.09. The van der Waals surface area contributed by atoms with Crippen LogP contribution < -0.4 is 0 Å². The van der Waals surface area contributed by atoms with Crippen molar-refractivity contribution >= 4 is 27.7 Å². The fraction of sp³-hybridized carbons (Fsp3) is 0.273. The lowest BCUT2D eigenvalue weighted by molar-refractivity contribution is -0.137. The monoisotopic (exact) mass is 285 g/mol. The van der Waals surface area contributed by atoms with Gasteiger partial charge < -0.3 is 9.47 Å². The molecule has 1 heterocycles. The van der Waals surface area contributed by atoms with Crippen molar-refractivity contribution in [1.82, 2.24) is 4.98 Å². The van der Waals surface area contributed by atoms with Gasteiger partial charge in [0, 0.05) is 22.4 Å². The average Bonchev–Trinajstić information content (AvgIpc) is 2.26. The molecule has 86 valence electrons. The zero-order valence-corrected chi connectivity index (χ0v) is 10.7. The lowest BCUT2D eigenvalue weighted by Gasteiger charge is -2.06. The molecule has 1 aromatic rings. The van der Waals surface area contributed by atoms with E-state index in [4.69, 9.17) is 9.47 Å². The van der Waals surface area contributed by atoms with E-state index in [0.29, 0.717) is 17.9 Å². The topological polar surface area (TPSA) is 48.4 Å². The lowest BCUT2D eigenvalue weighted by atomic mass is 10.2. The quantitative estimate of drug-likeness (QED) is 0.484. The maximum Gasteiger partial charge on any atom is 0.334 e. The van der Waals surface area contributed by atoms with Gasteiger partial charge in [-0.25, -0.2) is 4.79 Å². The van der Waals surface area contributed by atoms with Crippen LogP contribution in [0, 0.1) is 0 Å². The van der Waals surface area contributed by atoms with Crippen LogP contribution in [0.15, 0.2) is 29.0 Å². The number of aromatic nitrogens is 1. The molecule has 5 heteroatoms. The maximum atomic E-state index is 11.3. The van der Waals surface area contributed by atoms with Crippen molar-refractivity contribution in [2.45, 2.75) is 6.92 Å². The number of hydrogen-bond donors (Lipinski definition) is 0. The van der Waals surface area contributed by atoms with Gasteiger partial charge in [-0.05, 0) is 28.9 Å². The summed E-state index contributed by atoms with van der Waals surface area (Å²) in [5, 5.41) is 0. The van der Waals surface area contributed by atoms with Crippen molar-refractivity contribution in [2.24, 2.45) is 0 Å². The number of carbonyl (C=O) groups is 1. The van der Waals surface area contributed by atoms with Crippen molar-refractivity contribution in [3.63, 3.8) is 0 Å². The highest BCUT2D eigenvalue weighted by molar-refractivity contribution is 9.10. The third-order valence-corrected chi connectivity index (χ3v) is 2.18. The van der Waals surface area contributed by atoms with E-state index >= 15 is 0 Å². The van der Waals surface area contributed by atoms with Gasteiger partial charge in [0.1, 0.15) is 5.76 Å². The summed E-state index contributed by atoms with van der Waals surface area (Å²) >= 11 is 3.30. The van der Waals surface area contributed by atoms with E-state index < -0.39 is 5.97 Å². The average molecular weight is 286 g/mol. The molecule has 0 saturated heterocycles. The predicted molar refractivity (Wildman–Crippen MR) is 63.6 cm³/mol. The van der Waals surface area contributed by atoms with Gasteiger partial charge in [-0.3, -0.25) is 4.98 Å². The number of rotatable bonds is 4. The van der Waals surface area contributed by atoms with Crippen LogP contribution in [-0.2, 0) is 14.3 Å². The van der Waals surface area contributed by atoms with Gasteiger partial charge in [0.25, 0.3) is 0 Å². The van der Waals surface area contributed by atoms with Crippen LogP contribution in [0.2, 0.25) is 0 Å². The highest BCUT2D eigenvalue weighted by Crippen LogP contribution is 2.18. The first-order valence-corrected chi connectivity index (χ1v) is 5.50. The fourth-order valence-corrected chi connectivity index (χ4v) is 1.46. The van der Waals surface area contributed by atoms with Crippen LogP contribution in [0.4, 0.5) is 0 Å². The van der Waals surface area contributed by atoms with E-state index in [2.05, 4.69) is 20.9 Å². The largest absolute Gasteiger partial charge is 0.496 e. The molecule has 0 bridgehead atoms. The molecule has 16 heavy (non-hydrogen) atoms. The normalized spacial score (nSPS) is 11.1. The summed E-state index contributed by atoms with van der Waals surface area (Å²) in [7, 11) is 1.49. The molecule has 0 aliphatic rings. The maximum absolute atomic E-state index is 11.3. The molecule has 0 atom stereocenters. The molecule has 0 N–H and O–H groups in total. The lowest BCUT2D eigenvalue weighted by Crippen LogP contribution is -2.02. The van der Waals surface area contributed by atoms with Crippen LogP contribution in [0.5, 0.6) is 0 Å². The molecule has 4 nitrogen and oxygen atoms in total. The summed E-state index contributed by atoms with van der Waals surface area (Å²) in [4.78, 5) is 15.2. The Kier molecular flexibility index (Phi) is 4.98. The predicted octanol–water partition coefficient (Wildman–Crippen LogP) is 2.39. The van der Waals surface area contributed by atoms with Gasteiger partial charge >= 0.3 is 5.97 Å². The van der Waals surface area contributed by atoms with Crippen molar-refractivity contribution in [2.75, 3.05) is 13.7 Å². The molecule has 0 unspecified atom stereocenters. The Balaban J connectivity index is 2.94. The highest BCUT2D eigenvalue weighted by atomic mass is 79.9. The van der Waals surface area contributed by atoms with Crippen molar-refractivity contribution in [3.8, 4) is 0 Å². The van der Waals surface area contributed by atoms with E-state index in [1.807, 2.05) is 6.07 Å². The van der Waals surface area contributed by atoms with E-state index in [9.17, 15) is 4.79 Å². The number of ether oxygens (including phenoxy) is 2. The summed E-state index contributed by atoms with van der Waals surface area (Å²) in [6.07, 6.45) is 4.56. The second kappa shape index (κ2) is 6.27. The minimum absolute atomic E-state index is 0.336. The molecular formula is C11H12BrNO3. The Morgan fingerprint density at radius 3 is 2.88 bits per heavy atom. The second-order valence-electron chi connectivity index (χ2n) is 2.86. The van der Waals surface area contributed by atoms with Crippen LogP contribution in [-0.4, -0.2) is 24.7 Å². The van der Waals surface area contributed by atoms with E-state index in [1.165, 1.54) is 13.2 Å². The molecule has 0 fully saturated rings. The SMILES string of the molecule is CCOC(=O)/C=C(/OC)c1cncc(Br)c1. The van der Waals surface area contributed by atoms with Gasteiger partial charge in [-0.2, -0.15) is 0 Å². The minimum atomic E-state index is -0.431. The summed E-state index contributed by atoms with van der Waals surface area (Å²) < 4.78 is 10.7. The van der Waals surface area contributed by atoms with Gasteiger partial charge in [-0.15, -0.1) is 0 Å². The van der Waals surface area contributed by atoms with Crippen LogP contribution in [0.25, 0.3) is 5.76 Å². The molecule has 1 aromatic heterocycles. The molecule has 1 rings (SSSR count). The molecule has 0 spiro atoms. The van der Waals surface area contributed by atoms with E-state index in [-0.39, 0.29) is 0 Å². The standard InChI is InChI=1S/C11H12BrNO3/c1-3-16-11(14)5-10(15-2)8-4-9(12)7-13-6-8/h4-7H,3H2,1-2H3/b10-5+. The highest BCUT2D eigenvalue weighted by Gasteiger charge is 2.06. The zero-order valence-electron chi connectivity index (χ0n) is 9.07. The van der Waals surface area contributed by atoms with Crippen LogP contribution in [0.3, 0.4) is 0 Å². The first-order valence-electron chi connectivity index (χ1n) is 4.70. The Bertz CT molecular complexity index is 404. The third kappa shape index (κ3) is 3.66. The Hall–Kier alpha value is -1.36. The van der Waals surface area contributed by atoms with E-state index in [0.717, 1.165) is 4.47 Å². The second-order valence-corrected chi connectivity index (χ2v) is 3.77. The minimum Gasteiger partial charge on any atom is -0.496 e. The summed E-state index contributed by atoms with van der Waals surface area (Å²) in [5.74, 6) is -0.00780. The molecule has 0 aliphatic heterocycles. The number of pyridine rings is 1. The Morgan fingerprint density at radius 1 is 1.56 bits per heavy atom. The third-order valence-electron chi connectivity index (χ3n) is 1.74. The van der Waals surface area contributed by atoms with Crippen LogP contribution in [0.1, 0.15) is 12.5 Å². The van der Waals surface area contributed by atoms with E-state index in [1.54, 1.807) is 19.3 Å². The smallest absolute Gasteiger partial charge is 0.334 e. The molecule has 0 saturated carbocycles. The van der Waals surface area contributed by atoms with Crippen molar-refractivity contribution in [1.29, 1.82) is 0 Å². The van der Waals surface area contributed by atoms with Gasteiger partial charge in [0.15, 0.2) is 0 Å². The zero-order chi connectivity index (χ0) is 12.0. The van der Waals surface area contributed by atoms with Gasteiger partial charge in [0.2, 0.25) is 0 Å². The number of carbonyl (C=O) groups excluding carboxylic acids is 1. The first kappa shape index (κ1) is 12.7. The van der Waals surface area contributed by atoms with Crippen LogP contribution >= 0.6 is 15.9 Å². The number of nitrogens with zero attached hydrogens (tertiary/aromatic N) is 1. The fourth-order valence-electron chi connectivity index (χ4n) is 1.10. The Labute approximate surface area is 102 Å².